The summed E-state index contributed by atoms with van der Waals surface area (Å²) in [7, 11) is -1.50. The number of rotatable bonds is 6. The van der Waals surface area contributed by atoms with Gasteiger partial charge in [-0.05, 0) is 58.2 Å². The summed E-state index contributed by atoms with van der Waals surface area (Å²) in [4.78, 5) is 9.66. The van der Waals surface area contributed by atoms with E-state index in [1.54, 1.807) is 0 Å². The molecule has 0 aliphatic rings. The predicted octanol–water partition coefficient (Wildman–Crippen LogP) is 12.3. The fourth-order valence-corrected chi connectivity index (χ4v) is 8.52. The molecule has 0 bridgehead atoms. The van der Waals surface area contributed by atoms with E-state index in [0.29, 0.717) is 0 Å². The van der Waals surface area contributed by atoms with Gasteiger partial charge in [0.25, 0.3) is 0 Å². The van der Waals surface area contributed by atoms with E-state index in [-0.39, 0.29) is 20.1 Å². The topological polar surface area (TPSA) is 43.9 Å². The monoisotopic (exact) mass is 897 g/mol. The Morgan fingerprint density at radius 3 is 2.24 bits per heavy atom. The van der Waals surface area contributed by atoms with Crippen LogP contribution in [0.3, 0.4) is 0 Å². The smallest absolute Gasteiger partial charge is 0.120 e. The van der Waals surface area contributed by atoms with Crippen LogP contribution in [0.1, 0.15) is 26.7 Å². The van der Waals surface area contributed by atoms with E-state index >= 15 is 0 Å². The summed E-state index contributed by atoms with van der Waals surface area (Å²) in [6.45, 7) is 10.8. The number of furan rings is 1. The first-order valence-corrected chi connectivity index (χ1v) is 21.5. The summed E-state index contributed by atoms with van der Waals surface area (Å²) in [6.07, 6.45) is 1.98. The number of benzene rings is 6. The summed E-state index contributed by atoms with van der Waals surface area (Å²) in [5.41, 5.74) is 10.9. The second-order valence-corrected chi connectivity index (χ2v) is 19.5. The molecular formula is C48H41IrN3OSi-2. The largest absolute Gasteiger partial charge is 0.501 e. The van der Waals surface area contributed by atoms with Crippen LogP contribution in [0.15, 0.2) is 156 Å². The van der Waals surface area contributed by atoms with Gasteiger partial charge in [0, 0.05) is 38.7 Å². The molecule has 0 aliphatic heterocycles. The molecule has 0 saturated heterocycles. The van der Waals surface area contributed by atoms with Crippen molar-refractivity contribution in [2.45, 2.75) is 39.4 Å². The zero-order valence-electron chi connectivity index (χ0n) is 32.0. The first-order chi connectivity index (χ1) is 26.1. The molecule has 3 aromatic heterocycles. The van der Waals surface area contributed by atoms with Gasteiger partial charge in [0.2, 0.25) is 0 Å². The van der Waals surface area contributed by atoms with Crippen LogP contribution in [0.2, 0.25) is 19.6 Å². The van der Waals surface area contributed by atoms with E-state index in [2.05, 4.69) is 126 Å². The third-order valence-electron chi connectivity index (χ3n) is 9.57. The molecule has 3 heterocycles. The molecule has 0 fully saturated rings. The molecule has 0 saturated carbocycles. The zero-order valence-corrected chi connectivity index (χ0v) is 34.4. The van der Waals surface area contributed by atoms with E-state index in [1.165, 1.54) is 10.8 Å². The maximum Gasteiger partial charge on any atom is 0.120 e. The summed E-state index contributed by atoms with van der Waals surface area (Å²) in [5.74, 6) is 0.207. The van der Waals surface area contributed by atoms with Crippen molar-refractivity contribution >= 4 is 46.2 Å². The molecule has 6 aromatic carbocycles. The van der Waals surface area contributed by atoms with Gasteiger partial charge < -0.3 is 14.0 Å². The van der Waals surface area contributed by atoms with Gasteiger partial charge in [-0.1, -0.05) is 129 Å². The minimum Gasteiger partial charge on any atom is -0.501 e. The predicted molar refractivity (Wildman–Crippen MR) is 224 cm³/mol. The minimum atomic E-state index is -1.50. The zero-order chi connectivity index (χ0) is 37.5. The van der Waals surface area contributed by atoms with Crippen LogP contribution in [0.4, 0.5) is 0 Å². The van der Waals surface area contributed by atoms with E-state index in [0.717, 1.165) is 72.4 Å². The van der Waals surface area contributed by atoms with Gasteiger partial charge in [-0.2, -0.15) is 0 Å². The number of nitrogens with zero attached hydrogens (tertiary/aromatic N) is 3. The van der Waals surface area contributed by atoms with Crippen LogP contribution < -0.4 is 5.19 Å². The number of fused-ring (bicyclic) bond motifs is 4. The third-order valence-corrected chi connectivity index (χ3v) is 11.6. The van der Waals surface area contributed by atoms with Crippen molar-refractivity contribution < 1.29 is 25.9 Å². The van der Waals surface area contributed by atoms with Gasteiger partial charge in [-0.3, -0.25) is 4.98 Å². The number of para-hydroxylation sites is 3. The summed E-state index contributed by atoms with van der Waals surface area (Å²) < 4.78 is 17.0. The van der Waals surface area contributed by atoms with E-state index in [1.807, 2.05) is 80.7 Å². The van der Waals surface area contributed by atoms with E-state index in [9.17, 15) is 0 Å². The molecular weight excluding hydrogens is 855 g/mol. The first-order valence-electron chi connectivity index (χ1n) is 18.5. The first kappa shape index (κ1) is 35.6. The molecule has 4 nitrogen and oxygen atoms in total. The Hall–Kier alpha value is -5.39. The van der Waals surface area contributed by atoms with Crippen molar-refractivity contribution in [3.8, 4) is 39.5 Å². The Labute approximate surface area is 333 Å². The van der Waals surface area contributed by atoms with E-state index < -0.39 is 14.0 Å². The molecule has 6 heteroatoms. The fourth-order valence-electron chi connectivity index (χ4n) is 6.93. The molecule has 9 rings (SSSR count). The Kier molecular flexibility index (Phi) is 10.2. The fraction of sp³-hybridized carbons (Fsp3) is 0.125. The molecule has 0 aliphatic carbocycles. The second-order valence-electron chi connectivity index (χ2n) is 14.5. The Bertz CT molecular complexity index is 2750. The van der Waals surface area contributed by atoms with Crippen LogP contribution in [0, 0.1) is 12.1 Å². The van der Waals surface area contributed by atoms with Gasteiger partial charge in [0.05, 0.1) is 30.5 Å². The molecule has 269 valence electrons. The molecule has 0 N–H and O–H groups in total. The SMILES string of the molecule is [2H]C(C)(C)c1cc(-c2[c-]cccc2)ncc1[Si](C)(C)C.[Ir].[c-]1ccc2c(oc3ccccc32)c1-c1nc2ccccc2n1-c1cccc(-c2ccccc2)c1. The molecule has 0 spiro atoms. The standard InChI is InChI=1S/C31H19N2O.C17H22NSi.Ir/c1-2-10-21(11-3-1)22-12-8-13-23(20-22)33-28-18-6-5-17-27(28)32-31(33)26-16-9-15-25-24-14-4-7-19-29(24)34-30(25)26;1-13(2)15-11-16(14-9-7-6-8-10-14)18-12-17(15)19(3,4)5;/h1-15,17-20H;6-9,11-13H,1-5H3;/q2*-1;/i;13D;. The molecule has 0 atom stereocenters. The van der Waals surface area contributed by atoms with Gasteiger partial charge in [-0.25, -0.2) is 0 Å². The molecule has 1 radical (unpaired) electrons. The second kappa shape index (κ2) is 15.5. The third kappa shape index (κ3) is 7.25. The maximum absolute atomic E-state index is 8.44. The number of hydrogen-bond acceptors (Lipinski definition) is 3. The average molecular weight is 897 g/mol. The Morgan fingerprint density at radius 1 is 0.722 bits per heavy atom. The number of hydrogen-bond donors (Lipinski definition) is 0. The molecule has 9 aromatic rings. The van der Waals surface area contributed by atoms with Gasteiger partial charge in [0.1, 0.15) is 5.58 Å². The van der Waals surface area contributed by atoms with Crippen LogP contribution in [-0.4, -0.2) is 22.6 Å². The molecule has 0 amide bonds. The quantitative estimate of drug-likeness (QED) is 0.123. The van der Waals surface area contributed by atoms with Crippen LogP contribution >= 0.6 is 0 Å². The van der Waals surface area contributed by atoms with Gasteiger partial charge in [-0.15, -0.1) is 54.1 Å². The maximum atomic E-state index is 8.44. The van der Waals surface area contributed by atoms with Gasteiger partial charge in [0.15, 0.2) is 0 Å². The van der Waals surface area contributed by atoms with Crippen LogP contribution in [0.25, 0.3) is 72.4 Å². The molecule has 54 heavy (non-hydrogen) atoms. The number of pyridine rings is 1. The van der Waals surface area contributed by atoms with Crippen molar-refractivity contribution in [1.29, 1.82) is 0 Å². The number of imidazole rings is 1. The normalized spacial score (nSPS) is 11.9. The van der Waals surface area contributed by atoms with Crippen molar-refractivity contribution in [1.82, 2.24) is 14.5 Å². The summed E-state index contributed by atoms with van der Waals surface area (Å²) in [6, 6.07) is 56.0. The van der Waals surface area contributed by atoms with Crippen molar-refractivity contribution in [2.24, 2.45) is 0 Å². The summed E-state index contributed by atoms with van der Waals surface area (Å²) in [5, 5.41) is 3.44. The average Bonchev–Trinajstić information content (AvgIpc) is 3.77. The van der Waals surface area contributed by atoms with Crippen LogP contribution in [0.5, 0.6) is 0 Å². The number of aromatic nitrogens is 3. The Morgan fingerprint density at radius 2 is 1.46 bits per heavy atom. The van der Waals surface area contributed by atoms with E-state index in [4.69, 9.17) is 10.8 Å². The van der Waals surface area contributed by atoms with Crippen molar-refractivity contribution in [2.75, 3.05) is 0 Å². The van der Waals surface area contributed by atoms with Crippen molar-refractivity contribution in [3.05, 3.63) is 169 Å². The van der Waals surface area contributed by atoms with Crippen LogP contribution in [-0.2, 0) is 20.1 Å². The molecule has 0 unspecified atom stereocenters. The summed E-state index contributed by atoms with van der Waals surface area (Å²) >= 11 is 0. The van der Waals surface area contributed by atoms with Gasteiger partial charge >= 0.3 is 0 Å². The van der Waals surface area contributed by atoms with Crippen molar-refractivity contribution in [3.63, 3.8) is 0 Å². The Balaban J connectivity index is 0.000000191. The minimum absolute atomic E-state index is 0.